The topological polar surface area (TPSA) is 34.1 Å². The fraction of sp³-hybridized carbons (Fsp3) is 0.789. The van der Waals surface area contributed by atoms with Gasteiger partial charge in [0.25, 0.3) is 0 Å². The maximum Gasteiger partial charge on any atom is 0.139 e. The molecule has 4 aliphatic rings. The lowest BCUT2D eigenvalue weighted by molar-refractivity contribution is -0.128. The van der Waals surface area contributed by atoms with Crippen LogP contribution in [0.4, 0.5) is 0 Å². The Morgan fingerprint density at radius 1 is 1.05 bits per heavy atom. The van der Waals surface area contributed by atoms with Gasteiger partial charge in [0.05, 0.1) is 0 Å². The van der Waals surface area contributed by atoms with E-state index in [1.807, 2.05) is 0 Å². The summed E-state index contributed by atoms with van der Waals surface area (Å²) in [6.07, 6.45) is 10.2. The summed E-state index contributed by atoms with van der Waals surface area (Å²) in [5, 5.41) is 0. The van der Waals surface area contributed by atoms with Gasteiger partial charge in [-0.05, 0) is 55.3 Å². The molecule has 0 N–H and O–H groups in total. The van der Waals surface area contributed by atoms with Gasteiger partial charge in [-0.15, -0.1) is 0 Å². The zero-order chi connectivity index (χ0) is 14.8. The molecule has 0 spiro atoms. The monoisotopic (exact) mass is 286 g/mol. The molecular weight excluding hydrogens is 260 g/mol. The standard InChI is InChI=1S/C19H26O2/c1-18-9-7-13(20)11-12(18)3-4-14-15-5-6-17(21)19(15,2)10-8-16(14)18/h8,12,14-15H,3-7,9-11H2,1-2H3/t12-,14?,15?,18-,19-/m0/s1. The van der Waals surface area contributed by atoms with Crippen molar-refractivity contribution >= 4 is 11.6 Å². The largest absolute Gasteiger partial charge is 0.300 e. The number of rotatable bonds is 0. The van der Waals surface area contributed by atoms with E-state index in [-0.39, 0.29) is 10.8 Å². The highest BCUT2D eigenvalue weighted by molar-refractivity contribution is 5.87. The second-order valence-electron chi connectivity index (χ2n) is 8.39. The number of Topliss-reactive ketones (excluding diaryl/α,β-unsaturated/α-hetero) is 2. The van der Waals surface area contributed by atoms with Gasteiger partial charge in [0, 0.05) is 24.7 Å². The van der Waals surface area contributed by atoms with Crippen LogP contribution < -0.4 is 0 Å². The normalized spacial score (nSPS) is 49.2. The Hall–Kier alpha value is -0.920. The van der Waals surface area contributed by atoms with E-state index in [9.17, 15) is 9.59 Å². The highest BCUT2D eigenvalue weighted by Gasteiger charge is 2.56. The molecular formula is C19H26O2. The quantitative estimate of drug-likeness (QED) is 0.629. The summed E-state index contributed by atoms with van der Waals surface area (Å²) in [6, 6.07) is 0. The number of allylic oxidation sites excluding steroid dienone is 2. The maximum atomic E-state index is 12.3. The number of fused-ring (bicyclic) bond motifs is 5. The van der Waals surface area contributed by atoms with Gasteiger partial charge in [-0.1, -0.05) is 25.5 Å². The second kappa shape index (κ2) is 4.30. The van der Waals surface area contributed by atoms with Crippen molar-refractivity contribution in [2.24, 2.45) is 28.6 Å². The molecule has 2 heteroatoms. The molecule has 0 saturated heterocycles. The molecule has 2 nitrogen and oxygen atoms in total. The van der Waals surface area contributed by atoms with E-state index >= 15 is 0 Å². The predicted molar refractivity (Wildman–Crippen MR) is 81.7 cm³/mol. The van der Waals surface area contributed by atoms with E-state index in [0.29, 0.717) is 29.3 Å². The zero-order valence-electron chi connectivity index (χ0n) is 13.3. The number of carbonyl (C=O) groups excluding carboxylic acids is 2. The van der Waals surface area contributed by atoms with E-state index in [2.05, 4.69) is 19.9 Å². The van der Waals surface area contributed by atoms with E-state index in [0.717, 1.165) is 38.5 Å². The molecule has 0 aliphatic heterocycles. The zero-order valence-corrected chi connectivity index (χ0v) is 13.3. The van der Waals surface area contributed by atoms with Crippen molar-refractivity contribution in [1.29, 1.82) is 0 Å². The van der Waals surface area contributed by atoms with Gasteiger partial charge in [-0.3, -0.25) is 9.59 Å². The number of hydrogen-bond donors (Lipinski definition) is 0. The molecule has 0 radical (unpaired) electrons. The molecule has 21 heavy (non-hydrogen) atoms. The van der Waals surface area contributed by atoms with Crippen LogP contribution in [0.5, 0.6) is 0 Å². The first-order valence-electron chi connectivity index (χ1n) is 8.71. The average Bonchev–Trinajstić information content (AvgIpc) is 2.76. The van der Waals surface area contributed by atoms with Gasteiger partial charge in [0.15, 0.2) is 0 Å². The lowest BCUT2D eigenvalue weighted by atomic mass is 9.49. The average molecular weight is 286 g/mol. The molecule has 4 rings (SSSR count). The van der Waals surface area contributed by atoms with Crippen molar-refractivity contribution in [3.05, 3.63) is 11.6 Å². The van der Waals surface area contributed by atoms with E-state index in [4.69, 9.17) is 0 Å². The molecule has 0 bridgehead atoms. The molecule has 114 valence electrons. The van der Waals surface area contributed by atoms with Crippen LogP contribution in [0.15, 0.2) is 11.6 Å². The van der Waals surface area contributed by atoms with Crippen LogP contribution in [0, 0.1) is 28.6 Å². The summed E-state index contributed by atoms with van der Waals surface area (Å²) in [4.78, 5) is 24.2. The van der Waals surface area contributed by atoms with Crippen molar-refractivity contribution < 1.29 is 9.59 Å². The number of hydrogen-bond acceptors (Lipinski definition) is 2. The predicted octanol–water partition coefficient (Wildman–Crippen LogP) is 4.09. The van der Waals surface area contributed by atoms with Gasteiger partial charge < -0.3 is 0 Å². The first kappa shape index (κ1) is 13.7. The molecule has 0 aromatic carbocycles. The molecule has 0 amide bonds. The first-order chi connectivity index (χ1) is 9.95. The summed E-state index contributed by atoms with van der Waals surface area (Å²) < 4.78 is 0. The molecule has 2 unspecified atom stereocenters. The molecule has 0 heterocycles. The van der Waals surface area contributed by atoms with Gasteiger partial charge >= 0.3 is 0 Å². The van der Waals surface area contributed by atoms with Crippen molar-refractivity contribution in [1.82, 2.24) is 0 Å². The van der Waals surface area contributed by atoms with Crippen LogP contribution in [0.2, 0.25) is 0 Å². The molecule has 3 saturated carbocycles. The van der Waals surface area contributed by atoms with Crippen molar-refractivity contribution in [3.63, 3.8) is 0 Å². The summed E-state index contributed by atoms with van der Waals surface area (Å²) in [5.74, 6) is 2.70. The minimum atomic E-state index is -0.0815. The van der Waals surface area contributed by atoms with Crippen LogP contribution in [-0.2, 0) is 9.59 Å². The minimum Gasteiger partial charge on any atom is -0.300 e. The van der Waals surface area contributed by atoms with Crippen LogP contribution >= 0.6 is 0 Å². The third-order valence-electron chi connectivity index (χ3n) is 7.55. The van der Waals surface area contributed by atoms with Crippen molar-refractivity contribution in [2.45, 2.75) is 65.2 Å². The van der Waals surface area contributed by atoms with Crippen molar-refractivity contribution in [2.75, 3.05) is 0 Å². The minimum absolute atomic E-state index is 0.0815. The Morgan fingerprint density at radius 3 is 2.67 bits per heavy atom. The Balaban J connectivity index is 1.72. The lowest BCUT2D eigenvalue weighted by Gasteiger charge is -2.54. The van der Waals surface area contributed by atoms with Gasteiger partial charge in [0.1, 0.15) is 11.6 Å². The molecule has 5 atom stereocenters. The number of carbonyl (C=O) groups is 2. The van der Waals surface area contributed by atoms with E-state index < -0.39 is 0 Å². The summed E-state index contributed by atoms with van der Waals surface area (Å²) in [6.45, 7) is 4.61. The number of ketones is 2. The molecule has 4 aliphatic carbocycles. The second-order valence-corrected chi connectivity index (χ2v) is 8.39. The van der Waals surface area contributed by atoms with Crippen LogP contribution in [0.3, 0.4) is 0 Å². The SMILES string of the molecule is C[C@]12CC=C3C(CC[C@H]4CC(=O)CC[C@]34C)C1CCC2=O. The highest BCUT2D eigenvalue weighted by Crippen LogP contribution is 2.62. The smallest absolute Gasteiger partial charge is 0.139 e. The maximum absolute atomic E-state index is 12.3. The summed E-state index contributed by atoms with van der Waals surface area (Å²) in [7, 11) is 0. The van der Waals surface area contributed by atoms with Gasteiger partial charge in [-0.2, -0.15) is 0 Å². The Kier molecular flexibility index (Phi) is 2.81. The van der Waals surface area contributed by atoms with E-state index in [1.54, 1.807) is 5.57 Å². The van der Waals surface area contributed by atoms with E-state index in [1.165, 1.54) is 12.8 Å². The van der Waals surface area contributed by atoms with Crippen LogP contribution in [0.25, 0.3) is 0 Å². The lowest BCUT2D eigenvalue weighted by Crippen LogP contribution is -2.48. The fourth-order valence-electron chi connectivity index (χ4n) is 6.10. The fourth-order valence-corrected chi connectivity index (χ4v) is 6.10. The van der Waals surface area contributed by atoms with Crippen molar-refractivity contribution in [3.8, 4) is 0 Å². The highest BCUT2D eigenvalue weighted by atomic mass is 16.1. The van der Waals surface area contributed by atoms with Crippen LogP contribution in [0.1, 0.15) is 65.2 Å². The van der Waals surface area contributed by atoms with Gasteiger partial charge in [-0.25, -0.2) is 0 Å². The third-order valence-corrected chi connectivity index (χ3v) is 7.55. The molecule has 0 aromatic heterocycles. The summed E-state index contributed by atoms with van der Waals surface area (Å²) >= 11 is 0. The Morgan fingerprint density at radius 2 is 1.86 bits per heavy atom. The molecule has 0 aromatic rings. The molecule has 3 fully saturated rings. The Bertz CT molecular complexity index is 546. The first-order valence-corrected chi connectivity index (χ1v) is 8.71. The van der Waals surface area contributed by atoms with Gasteiger partial charge in [0.2, 0.25) is 0 Å². The Labute approximate surface area is 127 Å². The van der Waals surface area contributed by atoms with Crippen LogP contribution in [-0.4, -0.2) is 11.6 Å². The summed E-state index contributed by atoms with van der Waals surface area (Å²) in [5.41, 5.74) is 1.79. The third kappa shape index (κ3) is 1.71.